The van der Waals surface area contributed by atoms with Crippen LogP contribution in [0, 0.1) is 13.8 Å². The lowest BCUT2D eigenvalue weighted by molar-refractivity contribution is -0.132. The highest BCUT2D eigenvalue weighted by molar-refractivity contribution is 6.03. The van der Waals surface area contributed by atoms with Crippen molar-refractivity contribution in [3.63, 3.8) is 0 Å². The average molecular weight is 284 g/mol. The average Bonchev–Trinajstić information content (AvgIpc) is 2.40. The molecule has 0 spiro atoms. The molecule has 1 aromatic carbocycles. The van der Waals surface area contributed by atoms with Crippen LogP contribution in [0.5, 0.6) is 0 Å². The molecule has 0 radical (unpaired) electrons. The molecule has 1 atom stereocenters. The predicted molar refractivity (Wildman–Crippen MR) is 78.4 cm³/mol. The summed E-state index contributed by atoms with van der Waals surface area (Å²) in [5.74, 6) is 0.281. The lowest BCUT2D eigenvalue weighted by Crippen LogP contribution is -2.36. The van der Waals surface area contributed by atoms with Crippen molar-refractivity contribution in [2.24, 2.45) is 0 Å². The van der Waals surface area contributed by atoms with Crippen LogP contribution in [0.3, 0.4) is 0 Å². The van der Waals surface area contributed by atoms with E-state index in [4.69, 9.17) is 0 Å². The Morgan fingerprint density at radius 2 is 1.95 bits per heavy atom. The number of rotatable bonds is 1. The molecule has 0 aliphatic heterocycles. The van der Waals surface area contributed by atoms with E-state index in [9.17, 15) is 14.4 Å². The fourth-order valence-electron chi connectivity index (χ4n) is 3.02. The van der Waals surface area contributed by atoms with E-state index in [0.717, 1.165) is 5.56 Å². The van der Waals surface area contributed by atoms with Gasteiger partial charge in [-0.15, -0.1) is 0 Å². The standard InChI is InChI=1S/C16H16N2O3/c1-9-4-3-5-12-15(9)16(21)18(10(2)17-12)13-7-6-11(19)8-14(13)20/h3-5,13H,6-8H2,1-2H3. The fourth-order valence-corrected chi connectivity index (χ4v) is 3.02. The van der Waals surface area contributed by atoms with Crippen LogP contribution in [0.4, 0.5) is 0 Å². The summed E-state index contributed by atoms with van der Waals surface area (Å²) >= 11 is 0. The Kier molecular flexibility index (Phi) is 3.20. The summed E-state index contributed by atoms with van der Waals surface area (Å²) in [4.78, 5) is 40.7. The van der Waals surface area contributed by atoms with Crippen molar-refractivity contribution in [1.29, 1.82) is 0 Å². The van der Waals surface area contributed by atoms with Gasteiger partial charge in [-0.2, -0.15) is 0 Å². The molecule has 21 heavy (non-hydrogen) atoms. The number of aryl methyl sites for hydroxylation is 2. The first-order chi connectivity index (χ1) is 9.99. The van der Waals surface area contributed by atoms with E-state index in [1.54, 1.807) is 13.0 Å². The minimum atomic E-state index is -0.563. The SMILES string of the molecule is Cc1cccc2nc(C)n(C3CCC(=O)CC3=O)c(=O)c12. The summed E-state index contributed by atoms with van der Waals surface area (Å²) in [7, 11) is 0. The Morgan fingerprint density at radius 3 is 2.67 bits per heavy atom. The Balaban J connectivity index is 2.24. The highest BCUT2D eigenvalue weighted by atomic mass is 16.2. The van der Waals surface area contributed by atoms with E-state index in [1.807, 2.05) is 19.1 Å². The van der Waals surface area contributed by atoms with Gasteiger partial charge in [0.1, 0.15) is 11.6 Å². The molecule has 0 amide bonds. The number of carbonyl (C=O) groups excluding carboxylic acids is 2. The molecule has 1 aromatic heterocycles. The van der Waals surface area contributed by atoms with Crippen molar-refractivity contribution in [2.75, 3.05) is 0 Å². The second kappa shape index (κ2) is 4.91. The predicted octanol–water partition coefficient (Wildman–Crippen LogP) is 1.88. The number of hydrogen-bond donors (Lipinski definition) is 0. The first-order valence-electron chi connectivity index (χ1n) is 7.02. The number of ketones is 2. The number of hydrogen-bond acceptors (Lipinski definition) is 4. The van der Waals surface area contributed by atoms with Crippen LogP contribution in [0.2, 0.25) is 0 Å². The van der Waals surface area contributed by atoms with Gasteiger partial charge < -0.3 is 0 Å². The highest BCUT2D eigenvalue weighted by Gasteiger charge is 2.30. The lowest BCUT2D eigenvalue weighted by atomic mass is 9.92. The van der Waals surface area contributed by atoms with E-state index in [-0.39, 0.29) is 23.5 Å². The van der Waals surface area contributed by atoms with Crippen LogP contribution in [0.15, 0.2) is 23.0 Å². The Labute approximate surface area is 121 Å². The quantitative estimate of drug-likeness (QED) is 0.750. The second-order valence-corrected chi connectivity index (χ2v) is 5.54. The van der Waals surface area contributed by atoms with Gasteiger partial charge in [0.15, 0.2) is 5.78 Å². The third-order valence-electron chi connectivity index (χ3n) is 4.07. The molecule has 0 bridgehead atoms. The first-order valence-corrected chi connectivity index (χ1v) is 7.02. The van der Waals surface area contributed by atoms with E-state index in [0.29, 0.717) is 29.6 Å². The number of benzene rings is 1. The van der Waals surface area contributed by atoms with Gasteiger partial charge >= 0.3 is 0 Å². The zero-order valence-electron chi connectivity index (χ0n) is 12.0. The lowest BCUT2D eigenvalue weighted by Gasteiger charge is -2.24. The molecule has 1 heterocycles. The van der Waals surface area contributed by atoms with E-state index >= 15 is 0 Å². The molecule has 3 rings (SSSR count). The zero-order chi connectivity index (χ0) is 15.1. The minimum Gasteiger partial charge on any atom is -0.299 e. The van der Waals surface area contributed by atoms with Crippen LogP contribution >= 0.6 is 0 Å². The van der Waals surface area contributed by atoms with Crippen molar-refractivity contribution >= 4 is 22.5 Å². The molecule has 2 aromatic rings. The van der Waals surface area contributed by atoms with E-state index in [2.05, 4.69) is 4.98 Å². The van der Waals surface area contributed by atoms with Crippen LogP contribution in [0.25, 0.3) is 10.9 Å². The number of Topliss-reactive ketones (excluding diaryl/α,β-unsaturated/α-hetero) is 2. The summed E-state index contributed by atoms with van der Waals surface area (Å²) in [6.45, 7) is 3.59. The van der Waals surface area contributed by atoms with Crippen LogP contribution < -0.4 is 5.56 Å². The highest BCUT2D eigenvalue weighted by Crippen LogP contribution is 2.24. The number of carbonyl (C=O) groups is 2. The Morgan fingerprint density at radius 1 is 1.19 bits per heavy atom. The molecule has 5 nitrogen and oxygen atoms in total. The summed E-state index contributed by atoms with van der Waals surface area (Å²) in [5, 5.41) is 0.549. The van der Waals surface area contributed by atoms with E-state index in [1.165, 1.54) is 4.57 Å². The molecule has 108 valence electrons. The molecule has 1 aliphatic carbocycles. The van der Waals surface area contributed by atoms with Gasteiger partial charge in [0.05, 0.1) is 23.4 Å². The molecular weight excluding hydrogens is 268 g/mol. The molecule has 0 N–H and O–H groups in total. The summed E-state index contributed by atoms with van der Waals surface area (Å²) < 4.78 is 1.46. The summed E-state index contributed by atoms with van der Waals surface area (Å²) in [6.07, 6.45) is 0.647. The maximum absolute atomic E-state index is 12.8. The maximum atomic E-state index is 12.8. The molecular formula is C16H16N2O3. The van der Waals surface area contributed by atoms with Crippen molar-refractivity contribution in [1.82, 2.24) is 9.55 Å². The minimum absolute atomic E-state index is 0.0492. The van der Waals surface area contributed by atoms with Gasteiger partial charge in [0.25, 0.3) is 5.56 Å². The third kappa shape index (κ3) is 2.18. The van der Waals surface area contributed by atoms with Gasteiger partial charge in [0.2, 0.25) is 0 Å². The van der Waals surface area contributed by atoms with Crippen molar-refractivity contribution in [2.45, 2.75) is 39.2 Å². The fraction of sp³-hybridized carbons (Fsp3) is 0.375. The second-order valence-electron chi connectivity index (χ2n) is 5.54. The molecule has 1 saturated carbocycles. The smallest absolute Gasteiger partial charge is 0.262 e. The monoisotopic (exact) mass is 284 g/mol. The van der Waals surface area contributed by atoms with Crippen molar-refractivity contribution in [3.05, 3.63) is 39.9 Å². The molecule has 5 heteroatoms. The molecule has 1 unspecified atom stereocenters. The third-order valence-corrected chi connectivity index (χ3v) is 4.07. The number of aromatic nitrogens is 2. The van der Waals surface area contributed by atoms with Crippen LogP contribution in [-0.4, -0.2) is 21.1 Å². The maximum Gasteiger partial charge on any atom is 0.262 e. The van der Waals surface area contributed by atoms with Gasteiger partial charge in [0, 0.05) is 6.42 Å². The van der Waals surface area contributed by atoms with Crippen molar-refractivity contribution < 1.29 is 9.59 Å². The normalized spacial score (nSPS) is 19.2. The van der Waals surface area contributed by atoms with Crippen molar-refractivity contribution in [3.8, 4) is 0 Å². The van der Waals surface area contributed by atoms with Gasteiger partial charge in [-0.05, 0) is 31.9 Å². The Bertz CT molecular complexity index is 820. The Hall–Kier alpha value is -2.30. The van der Waals surface area contributed by atoms with Gasteiger partial charge in [-0.1, -0.05) is 12.1 Å². The summed E-state index contributed by atoms with van der Waals surface area (Å²) in [6, 6.07) is 4.95. The summed E-state index contributed by atoms with van der Waals surface area (Å²) in [5.41, 5.74) is 1.30. The molecule has 0 saturated heterocycles. The molecule has 1 aliphatic rings. The zero-order valence-corrected chi connectivity index (χ0v) is 12.0. The molecule has 1 fully saturated rings. The topological polar surface area (TPSA) is 69.0 Å². The van der Waals surface area contributed by atoms with Crippen LogP contribution in [0.1, 0.15) is 36.7 Å². The number of fused-ring (bicyclic) bond motifs is 1. The van der Waals surface area contributed by atoms with E-state index < -0.39 is 6.04 Å². The van der Waals surface area contributed by atoms with Crippen LogP contribution in [-0.2, 0) is 9.59 Å². The first kappa shape index (κ1) is 13.7. The van der Waals surface area contributed by atoms with Gasteiger partial charge in [-0.3, -0.25) is 19.0 Å². The largest absolute Gasteiger partial charge is 0.299 e. The van der Waals surface area contributed by atoms with Gasteiger partial charge in [-0.25, -0.2) is 4.98 Å². The number of nitrogens with zero attached hydrogens (tertiary/aromatic N) is 2.